The summed E-state index contributed by atoms with van der Waals surface area (Å²) in [5, 5.41) is 18.3. The molecular weight excluding hydrogens is 438 g/mol. The average molecular weight is 466 g/mol. The van der Waals surface area contributed by atoms with Gasteiger partial charge in [-0.1, -0.05) is 42.8 Å². The van der Waals surface area contributed by atoms with Crippen molar-refractivity contribution in [3.05, 3.63) is 52.2 Å². The van der Waals surface area contributed by atoms with Crippen molar-refractivity contribution in [1.29, 1.82) is 0 Å². The minimum Gasteiger partial charge on any atom is -0.419 e. The van der Waals surface area contributed by atoms with Crippen LogP contribution in [-0.2, 0) is 19.9 Å². The largest absolute Gasteiger partial charge is 0.419 e. The van der Waals surface area contributed by atoms with Crippen LogP contribution in [0.25, 0.3) is 22.2 Å². The summed E-state index contributed by atoms with van der Waals surface area (Å²) >= 11 is 3.46. The van der Waals surface area contributed by atoms with Gasteiger partial charge in [0.1, 0.15) is 0 Å². The zero-order valence-corrected chi connectivity index (χ0v) is 20.5. The van der Waals surface area contributed by atoms with Crippen molar-refractivity contribution in [3.8, 4) is 22.2 Å². The number of thiophene rings is 1. The van der Waals surface area contributed by atoms with Gasteiger partial charge >= 0.3 is 0 Å². The molecule has 1 aliphatic rings. The Hall–Kier alpha value is -2.45. The molecular formula is C24H27N5OS2. The second kappa shape index (κ2) is 8.83. The van der Waals surface area contributed by atoms with E-state index in [2.05, 4.69) is 57.9 Å². The summed E-state index contributed by atoms with van der Waals surface area (Å²) in [6.07, 6.45) is 4.94. The first kappa shape index (κ1) is 21.4. The molecule has 5 rings (SSSR count). The van der Waals surface area contributed by atoms with Gasteiger partial charge in [0.05, 0.1) is 10.1 Å². The van der Waals surface area contributed by atoms with Crippen molar-refractivity contribution in [1.82, 2.24) is 25.0 Å². The highest BCUT2D eigenvalue weighted by atomic mass is 32.2. The van der Waals surface area contributed by atoms with Gasteiger partial charge in [0.25, 0.3) is 0 Å². The minimum atomic E-state index is -0.0290. The van der Waals surface area contributed by atoms with E-state index >= 15 is 0 Å². The van der Waals surface area contributed by atoms with Gasteiger partial charge < -0.3 is 8.98 Å². The third-order valence-electron chi connectivity index (χ3n) is 6.15. The van der Waals surface area contributed by atoms with Crippen molar-refractivity contribution in [2.45, 2.75) is 56.9 Å². The molecule has 0 fully saturated rings. The molecule has 0 spiro atoms. The van der Waals surface area contributed by atoms with Crippen LogP contribution in [0.3, 0.4) is 0 Å². The first-order valence-corrected chi connectivity index (χ1v) is 12.8. The van der Waals surface area contributed by atoms with Crippen LogP contribution in [0.1, 0.15) is 53.8 Å². The van der Waals surface area contributed by atoms with E-state index in [-0.39, 0.29) is 5.25 Å². The van der Waals surface area contributed by atoms with Crippen molar-refractivity contribution in [3.63, 3.8) is 0 Å². The minimum absolute atomic E-state index is 0.0290. The number of thioether (sulfide) groups is 1. The Morgan fingerprint density at radius 2 is 2.09 bits per heavy atom. The maximum absolute atomic E-state index is 5.97. The van der Waals surface area contributed by atoms with E-state index < -0.39 is 0 Å². The molecule has 2 unspecified atom stereocenters. The summed E-state index contributed by atoms with van der Waals surface area (Å²) in [4.78, 5) is 2.73. The van der Waals surface area contributed by atoms with Crippen LogP contribution < -0.4 is 0 Å². The second-order valence-corrected chi connectivity index (χ2v) is 11.0. The third-order valence-corrected chi connectivity index (χ3v) is 8.51. The fraction of sp³-hybridized carbons (Fsp3) is 0.417. The van der Waals surface area contributed by atoms with Crippen molar-refractivity contribution < 1.29 is 4.42 Å². The Labute approximate surface area is 196 Å². The van der Waals surface area contributed by atoms with Crippen LogP contribution in [-0.4, -0.2) is 25.0 Å². The smallest absolute Gasteiger partial charge is 0.247 e. The number of benzene rings is 1. The van der Waals surface area contributed by atoms with Crippen molar-refractivity contribution >= 4 is 23.1 Å². The molecule has 1 aliphatic carbocycles. The summed E-state index contributed by atoms with van der Waals surface area (Å²) in [6.45, 7) is 6.40. The molecule has 3 heterocycles. The number of aromatic nitrogens is 5. The SMILES string of the molecule is CCC1CCc2sc(-c3nnc(SC(C)c4nnc(-c5cccc(C)c5)o4)n3C)cc2C1. The van der Waals surface area contributed by atoms with Gasteiger partial charge in [-0.2, -0.15) is 0 Å². The van der Waals surface area contributed by atoms with E-state index in [9.17, 15) is 0 Å². The maximum atomic E-state index is 5.97. The van der Waals surface area contributed by atoms with Crippen LogP contribution in [0.2, 0.25) is 0 Å². The van der Waals surface area contributed by atoms with Crippen molar-refractivity contribution in [2.75, 3.05) is 0 Å². The third kappa shape index (κ3) is 4.13. The Morgan fingerprint density at radius 1 is 1.22 bits per heavy atom. The molecule has 2 atom stereocenters. The molecule has 8 heteroatoms. The van der Waals surface area contributed by atoms with Crippen LogP contribution >= 0.6 is 23.1 Å². The zero-order valence-electron chi connectivity index (χ0n) is 18.8. The summed E-state index contributed by atoms with van der Waals surface area (Å²) in [5.74, 6) is 2.88. The molecule has 1 aromatic carbocycles. The summed E-state index contributed by atoms with van der Waals surface area (Å²) in [6, 6.07) is 10.4. The second-order valence-electron chi connectivity index (χ2n) is 8.52. The number of nitrogens with zero attached hydrogens (tertiary/aromatic N) is 5. The molecule has 32 heavy (non-hydrogen) atoms. The van der Waals surface area contributed by atoms with E-state index in [0.717, 1.165) is 28.0 Å². The summed E-state index contributed by atoms with van der Waals surface area (Å²) in [5.41, 5.74) is 3.61. The molecule has 0 saturated heterocycles. The van der Waals surface area contributed by atoms with Crippen LogP contribution in [0.15, 0.2) is 39.9 Å². The fourth-order valence-electron chi connectivity index (χ4n) is 4.19. The highest BCUT2D eigenvalue weighted by Crippen LogP contribution is 2.39. The molecule has 0 saturated carbocycles. The highest BCUT2D eigenvalue weighted by Gasteiger charge is 2.24. The van der Waals surface area contributed by atoms with Crippen LogP contribution in [0.4, 0.5) is 0 Å². The normalized spacial score (nSPS) is 16.8. The van der Waals surface area contributed by atoms with Gasteiger partial charge in [-0.3, -0.25) is 0 Å². The molecule has 6 nitrogen and oxygen atoms in total. The van der Waals surface area contributed by atoms with Crippen LogP contribution in [0.5, 0.6) is 0 Å². The molecule has 0 radical (unpaired) electrons. The Morgan fingerprint density at radius 3 is 2.91 bits per heavy atom. The standard InChI is InChI=1S/C24H27N5OS2/c1-5-16-9-10-19-18(12-16)13-20(32-19)21-25-28-24(29(21)4)31-15(3)22-26-27-23(30-22)17-8-6-7-14(2)11-17/h6-8,11,13,15-16H,5,9-10,12H2,1-4H3. The lowest BCUT2D eigenvalue weighted by Crippen LogP contribution is -2.10. The van der Waals surface area contributed by atoms with E-state index in [0.29, 0.717) is 11.8 Å². The zero-order chi connectivity index (χ0) is 22.2. The topological polar surface area (TPSA) is 69.6 Å². The molecule has 4 aromatic rings. The fourth-order valence-corrected chi connectivity index (χ4v) is 6.27. The van der Waals surface area contributed by atoms with Gasteiger partial charge in [-0.05, 0) is 62.8 Å². The Balaban J connectivity index is 1.33. The van der Waals surface area contributed by atoms with Gasteiger partial charge in [-0.15, -0.1) is 31.7 Å². The predicted octanol–water partition coefficient (Wildman–Crippen LogP) is 6.27. The molecule has 0 aliphatic heterocycles. The van der Waals surface area contributed by atoms with E-state index in [1.165, 1.54) is 41.0 Å². The average Bonchev–Trinajstić information content (AvgIpc) is 3.52. The van der Waals surface area contributed by atoms with E-state index in [1.807, 2.05) is 36.6 Å². The lowest BCUT2D eigenvalue weighted by atomic mass is 9.87. The molecule has 0 bridgehead atoms. The number of fused-ring (bicyclic) bond motifs is 1. The van der Waals surface area contributed by atoms with Gasteiger partial charge in [0, 0.05) is 17.5 Å². The first-order valence-electron chi connectivity index (χ1n) is 11.1. The maximum Gasteiger partial charge on any atom is 0.247 e. The highest BCUT2D eigenvalue weighted by molar-refractivity contribution is 7.99. The molecule has 166 valence electrons. The lowest BCUT2D eigenvalue weighted by Gasteiger charge is -2.19. The Kier molecular flexibility index (Phi) is 5.90. The first-order chi connectivity index (χ1) is 15.5. The van der Waals surface area contributed by atoms with Gasteiger partial charge in [0.15, 0.2) is 11.0 Å². The lowest BCUT2D eigenvalue weighted by molar-refractivity contribution is 0.449. The number of rotatable bonds is 6. The van der Waals surface area contributed by atoms with E-state index in [1.54, 1.807) is 11.8 Å². The predicted molar refractivity (Wildman–Crippen MR) is 129 cm³/mol. The number of aryl methyl sites for hydroxylation is 2. The monoisotopic (exact) mass is 465 g/mol. The summed E-state index contributed by atoms with van der Waals surface area (Å²) < 4.78 is 8.04. The number of hydrogen-bond donors (Lipinski definition) is 0. The molecule has 0 N–H and O–H groups in total. The van der Waals surface area contributed by atoms with Crippen LogP contribution in [0, 0.1) is 12.8 Å². The van der Waals surface area contributed by atoms with Crippen molar-refractivity contribution in [2.24, 2.45) is 13.0 Å². The molecule has 3 aromatic heterocycles. The van der Waals surface area contributed by atoms with E-state index in [4.69, 9.17) is 4.42 Å². The Bertz CT molecular complexity index is 1240. The number of hydrogen-bond acceptors (Lipinski definition) is 7. The van der Waals surface area contributed by atoms with Gasteiger partial charge in [0.2, 0.25) is 11.8 Å². The quantitative estimate of drug-likeness (QED) is 0.313. The molecule has 0 amide bonds. The van der Waals surface area contributed by atoms with Gasteiger partial charge in [-0.25, -0.2) is 0 Å². The summed E-state index contributed by atoms with van der Waals surface area (Å²) in [7, 11) is 2.03.